The van der Waals surface area contributed by atoms with Gasteiger partial charge in [0, 0.05) is 22.8 Å². The smallest absolute Gasteiger partial charge is 0.278 e. The molecule has 1 aliphatic heterocycles. The summed E-state index contributed by atoms with van der Waals surface area (Å²) >= 11 is 12.1. The van der Waals surface area contributed by atoms with E-state index in [1.54, 1.807) is 36.4 Å². The molecule has 5 nitrogen and oxygen atoms in total. The van der Waals surface area contributed by atoms with Crippen molar-refractivity contribution in [2.45, 2.75) is 6.92 Å². The molecule has 2 amide bonds. The van der Waals surface area contributed by atoms with Crippen molar-refractivity contribution in [1.29, 1.82) is 0 Å². The van der Waals surface area contributed by atoms with Gasteiger partial charge in [-0.25, -0.2) is 0 Å². The zero-order valence-corrected chi connectivity index (χ0v) is 16.4. The van der Waals surface area contributed by atoms with E-state index in [1.807, 2.05) is 13.0 Å². The van der Waals surface area contributed by atoms with E-state index in [2.05, 4.69) is 5.32 Å². The number of hydrogen-bond acceptors (Lipinski definition) is 4. The molecule has 0 aliphatic carbocycles. The Morgan fingerprint density at radius 3 is 2.41 bits per heavy atom. The highest BCUT2D eigenvalue weighted by atomic mass is 35.5. The summed E-state index contributed by atoms with van der Waals surface area (Å²) in [5.74, 6) is -0.775. The Bertz CT molecular complexity index is 923. The van der Waals surface area contributed by atoms with Crippen molar-refractivity contribution in [2.75, 3.05) is 25.6 Å². The Kier molecular flexibility index (Phi) is 5.85. The number of rotatable bonds is 6. The van der Waals surface area contributed by atoms with Crippen molar-refractivity contribution < 1.29 is 14.3 Å². The quantitative estimate of drug-likeness (QED) is 0.734. The summed E-state index contributed by atoms with van der Waals surface area (Å²) < 4.78 is 5.03. The third kappa shape index (κ3) is 3.86. The maximum atomic E-state index is 13.0. The van der Waals surface area contributed by atoms with Gasteiger partial charge in [0.1, 0.15) is 5.70 Å². The van der Waals surface area contributed by atoms with E-state index in [1.165, 1.54) is 12.0 Å². The van der Waals surface area contributed by atoms with E-state index in [9.17, 15) is 9.59 Å². The molecule has 1 heterocycles. The van der Waals surface area contributed by atoms with Crippen LogP contribution >= 0.6 is 23.2 Å². The summed E-state index contributed by atoms with van der Waals surface area (Å²) in [5.41, 5.74) is 2.58. The molecule has 0 saturated carbocycles. The molecule has 3 rings (SSSR count). The van der Waals surface area contributed by atoms with E-state index in [4.69, 9.17) is 27.9 Å². The Morgan fingerprint density at radius 2 is 1.74 bits per heavy atom. The zero-order chi connectivity index (χ0) is 19.6. The van der Waals surface area contributed by atoms with Gasteiger partial charge in [-0.15, -0.1) is 0 Å². The maximum Gasteiger partial charge on any atom is 0.278 e. The molecule has 2 aromatic rings. The van der Waals surface area contributed by atoms with Gasteiger partial charge >= 0.3 is 0 Å². The fraction of sp³-hybridized carbons (Fsp3) is 0.200. The molecule has 140 valence electrons. The third-order valence-corrected chi connectivity index (χ3v) is 5.01. The summed E-state index contributed by atoms with van der Waals surface area (Å²) in [4.78, 5) is 27.1. The standard InChI is InChI=1S/C20H18Cl2N2O3/c1-12-15(22)4-3-5-16(12)23-18-17(13-6-8-14(21)9-7-13)19(25)24(20(18)26)10-11-27-2/h3-9,23H,10-11H2,1-2H3. The fourth-order valence-electron chi connectivity index (χ4n) is 2.84. The van der Waals surface area contributed by atoms with E-state index >= 15 is 0 Å². The van der Waals surface area contributed by atoms with Crippen LogP contribution in [0, 0.1) is 6.92 Å². The van der Waals surface area contributed by atoms with E-state index in [0.29, 0.717) is 26.9 Å². The lowest BCUT2D eigenvalue weighted by Gasteiger charge is -2.15. The number of halogens is 2. The number of amides is 2. The Hall–Kier alpha value is -2.34. The number of hydrogen-bond donors (Lipinski definition) is 1. The molecule has 0 atom stereocenters. The first kappa shape index (κ1) is 19.4. The predicted octanol–water partition coefficient (Wildman–Crippen LogP) is 4.14. The Morgan fingerprint density at radius 1 is 1.04 bits per heavy atom. The first-order valence-corrected chi connectivity index (χ1v) is 9.07. The van der Waals surface area contributed by atoms with Crippen molar-refractivity contribution in [3.8, 4) is 0 Å². The second-order valence-electron chi connectivity index (χ2n) is 6.05. The minimum absolute atomic E-state index is 0.172. The molecule has 27 heavy (non-hydrogen) atoms. The lowest BCUT2D eigenvalue weighted by Crippen LogP contribution is -2.35. The number of methoxy groups -OCH3 is 1. The summed E-state index contributed by atoms with van der Waals surface area (Å²) in [6, 6.07) is 12.2. The topological polar surface area (TPSA) is 58.6 Å². The highest BCUT2D eigenvalue weighted by Crippen LogP contribution is 2.32. The molecule has 0 radical (unpaired) electrons. The highest BCUT2D eigenvalue weighted by molar-refractivity contribution is 6.37. The summed E-state index contributed by atoms with van der Waals surface area (Å²) in [7, 11) is 1.52. The van der Waals surface area contributed by atoms with Crippen LogP contribution in [-0.2, 0) is 14.3 Å². The fourth-order valence-corrected chi connectivity index (χ4v) is 3.14. The third-order valence-electron chi connectivity index (χ3n) is 4.35. The monoisotopic (exact) mass is 404 g/mol. The summed E-state index contributed by atoms with van der Waals surface area (Å²) in [6.45, 7) is 2.27. The molecular weight excluding hydrogens is 387 g/mol. The normalized spacial score (nSPS) is 14.3. The molecule has 0 fully saturated rings. The minimum atomic E-state index is -0.402. The number of carbonyl (C=O) groups is 2. The molecular formula is C20H18Cl2N2O3. The average molecular weight is 405 g/mol. The van der Waals surface area contributed by atoms with Gasteiger partial charge in [0.15, 0.2) is 0 Å². The van der Waals surface area contributed by atoms with Crippen LogP contribution < -0.4 is 5.32 Å². The summed E-state index contributed by atoms with van der Waals surface area (Å²) in [6.07, 6.45) is 0. The lowest BCUT2D eigenvalue weighted by atomic mass is 10.0. The van der Waals surface area contributed by atoms with Gasteiger partial charge in [0.2, 0.25) is 0 Å². The first-order valence-electron chi connectivity index (χ1n) is 8.31. The van der Waals surface area contributed by atoms with Gasteiger partial charge in [0.25, 0.3) is 11.8 Å². The van der Waals surface area contributed by atoms with Crippen molar-refractivity contribution in [2.24, 2.45) is 0 Å². The molecule has 0 bridgehead atoms. The van der Waals surface area contributed by atoms with Crippen LogP contribution in [0.25, 0.3) is 5.57 Å². The van der Waals surface area contributed by atoms with Gasteiger partial charge in [-0.2, -0.15) is 0 Å². The van der Waals surface area contributed by atoms with Crippen molar-refractivity contribution in [3.63, 3.8) is 0 Å². The number of benzene rings is 2. The largest absolute Gasteiger partial charge is 0.383 e. The highest BCUT2D eigenvalue weighted by Gasteiger charge is 2.39. The van der Waals surface area contributed by atoms with Crippen molar-refractivity contribution in [3.05, 3.63) is 69.3 Å². The van der Waals surface area contributed by atoms with Crippen LogP contribution in [0.15, 0.2) is 48.2 Å². The van der Waals surface area contributed by atoms with Crippen molar-refractivity contribution >= 4 is 46.3 Å². The number of nitrogens with one attached hydrogen (secondary N) is 1. The SMILES string of the molecule is COCCN1C(=O)C(Nc2cccc(Cl)c2C)=C(c2ccc(Cl)cc2)C1=O. The molecule has 7 heteroatoms. The molecule has 0 spiro atoms. The van der Waals surface area contributed by atoms with Gasteiger partial charge in [-0.1, -0.05) is 41.4 Å². The Labute approximate surface area is 167 Å². The van der Waals surface area contributed by atoms with E-state index in [0.717, 1.165) is 5.56 Å². The number of nitrogens with zero attached hydrogens (tertiary/aromatic N) is 1. The van der Waals surface area contributed by atoms with Crippen molar-refractivity contribution in [1.82, 2.24) is 4.90 Å². The van der Waals surface area contributed by atoms with Crippen LogP contribution in [0.3, 0.4) is 0 Å². The molecule has 2 aromatic carbocycles. The maximum absolute atomic E-state index is 13.0. The number of anilines is 1. The van der Waals surface area contributed by atoms with Gasteiger partial charge in [-0.3, -0.25) is 14.5 Å². The summed E-state index contributed by atoms with van der Waals surface area (Å²) in [5, 5.41) is 4.23. The van der Waals surface area contributed by atoms with Gasteiger partial charge in [-0.05, 0) is 42.3 Å². The number of ether oxygens (including phenoxy) is 1. The zero-order valence-electron chi connectivity index (χ0n) is 14.9. The van der Waals surface area contributed by atoms with Crippen LogP contribution in [0.1, 0.15) is 11.1 Å². The molecule has 1 aliphatic rings. The second-order valence-corrected chi connectivity index (χ2v) is 6.89. The molecule has 0 aromatic heterocycles. The van der Waals surface area contributed by atoms with Crippen LogP contribution in [0.4, 0.5) is 5.69 Å². The first-order chi connectivity index (χ1) is 12.9. The number of carbonyl (C=O) groups excluding carboxylic acids is 2. The van der Waals surface area contributed by atoms with E-state index < -0.39 is 5.91 Å². The van der Waals surface area contributed by atoms with Crippen LogP contribution in [-0.4, -0.2) is 37.0 Å². The average Bonchev–Trinajstić information content (AvgIpc) is 2.88. The van der Waals surface area contributed by atoms with E-state index in [-0.39, 0.29) is 24.8 Å². The number of imide groups is 1. The van der Waals surface area contributed by atoms with Gasteiger partial charge < -0.3 is 10.1 Å². The molecule has 0 unspecified atom stereocenters. The van der Waals surface area contributed by atoms with Crippen LogP contribution in [0.5, 0.6) is 0 Å². The predicted molar refractivity (Wildman–Crippen MR) is 107 cm³/mol. The lowest BCUT2D eigenvalue weighted by molar-refractivity contribution is -0.137. The van der Waals surface area contributed by atoms with Crippen LogP contribution in [0.2, 0.25) is 10.0 Å². The minimum Gasteiger partial charge on any atom is -0.383 e. The molecule has 1 N–H and O–H groups in total. The molecule has 0 saturated heterocycles. The van der Waals surface area contributed by atoms with Gasteiger partial charge in [0.05, 0.1) is 18.7 Å². The Balaban J connectivity index is 2.07. The second kappa shape index (κ2) is 8.13.